The third kappa shape index (κ3) is 6.20. The molecule has 234 valence electrons. The quantitative estimate of drug-likeness (QED) is 0.144. The number of rotatable bonds is 7. The number of nitrogens with two attached hydrogens (primary N) is 2. The van der Waals surface area contributed by atoms with Crippen molar-refractivity contribution in [1.29, 1.82) is 5.26 Å². The molecule has 2 aliphatic rings. The first-order valence-electron chi connectivity index (χ1n) is 13.9. The number of hydrogen-bond acceptors (Lipinski definition) is 12. The van der Waals surface area contributed by atoms with Crippen molar-refractivity contribution in [3.63, 3.8) is 0 Å². The van der Waals surface area contributed by atoms with Crippen LogP contribution in [0.2, 0.25) is 0 Å². The van der Waals surface area contributed by atoms with E-state index in [9.17, 15) is 30.2 Å². The molecule has 14 nitrogen and oxygen atoms in total. The van der Waals surface area contributed by atoms with Crippen molar-refractivity contribution in [3.8, 4) is 23.8 Å². The number of nitriles is 1. The van der Waals surface area contributed by atoms with Crippen LogP contribution in [-0.2, 0) is 26.3 Å². The highest BCUT2D eigenvalue weighted by Gasteiger charge is 2.51. The fourth-order valence-electron chi connectivity index (χ4n) is 5.42. The molecule has 0 spiro atoms. The van der Waals surface area contributed by atoms with E-state index in [0.29, 0.717) is 27.9 Å². The van der Waals surface area contributed by atoms with E-state index < -0.39 is 35.6 Å². The molecule has 0 radical (unpaired) electrons. The predicted molar refractivity (Wildman–Crippen MR) is 154 cm³/mol. The van der Waals surface area contributed by atoms with Crippen molar-refractivity contribution in [3.05, 3.63) is 57.6 Å². The summed E-state index contributed by atoms with van der Waals surface area (Å²) in [6, 6.07) is 6.34. The second kappa shape index (κ2) is 12.2. The van der Waals surface area contributed by atoms with E-state index in [1.54, 1.807) is 12.1 Å². The molecule has 1 aromatic heterocycles. The Morgan fingerprint density at radius 1 is 1.30 bits per heavy atom. The van der Waals surface area contributed by atoms with Crippen molar-refractivity contribution in [2.45, 2.75) is 64.8 Å². The lowest BCUT2D eigenvalue weighted by Gasteiger charge is -2.41. The molecule has 1 aromatic carbocycles. The summed E-state index contributed by atoms with van der Waals surface area (Å²) >= 11 is 0. The summed E-state index contributed by atoms with van der Waals surface area (Å²) in [5, 5.41) is 45.9. The SMILES string of the molecule is Cc1[nH]nc2c1C(c1cc(C#CC3CN(C(=O)OC(C)(O)O)C3)cc(COC(=O)C(N)C(C)O)c1)(C(C)C)C(C#N)=C(N)O2. The van der Waals surface area contributed by atoms with Crippen LogP contribution < -0.4 is 16.2 Å². The van der Waals surface area contributed by atoms with Gasteiger partial charge in [-0.2, -0.15) is 5.26 Å². The molecule has 2 aliphatic heterocycles. The van der Waals surface area contributed by atoms with Gasteiger partial charge in [0, 0.05) is 31.3 Å². The number of ether oxygens (including phenoxy) is 3. The van der Waals surface area contributed by atoms with Crippen molar-refractivity contribution in [1.82, 2.24) is 15.1 Å². The molecule has 44 heavy (non-hydrogen) atoms. The number of allylic oxidation sites excluding steroid dienone is 1. The average molecular weight is 609 g/mol. The Bertz CT molecular complexity index is 1580. The van der Waals surface area contributed by atoms with Gasteiger partial charge < -0.3 is 45.9 Å². The lowest BCUT2D eigenvalue weighted by atomic mass is 9.61. The Kier molecular flexibility index (Phi) is 8.95. The number of fused-ring (bicyclic) bond motifs is 1. The summed E-state index contributed by atoms with van der Waals surface area (Å²) in [5.74, 6) is 2.53. The first-order valence-corrected chi connectivity index (χ1v) is 13.9. The number of H-pyrrole nitrogens is 1. The lowest BCUT2D eigenvalue weighted by molar-refractivity contribution is -0.297. The van der Waals surface area contributed by atoms with Crippen LogP contribution in [0.3, 0.4) is 0 Å². The summed E-state index contributed by atoms with van der Waals surface area (Å²) in [5.41, 5.74) is 14.1. The number of nitrogens with one attached hydrogen (secondary N) is 1. The Morgan fingerprint density at radius 3 is 2.57 bits per heavy atom. The number of aliphatic hydroxyl groups excluding tert-OH is 1. The fraction of sp³-hybridized carbons (Fsp3) is 0.467. The Labute approximate surface area is 254 Å². The van der Waals surface area contributed by atoms with Gasteiger partial charge in [-0.3, -0.25) is 9.89 Å². The van der Waals surface area contributed by atoms with Gasteiger partial charge in [0.25, 0.3) is 0 Å². The van der Waals surface area contributed by atoms with E-state index in [2.05, 4.69) is 32.8 Å². The number of amides is 1. The molecule has 1 saturated heterocycles. The number of aliphatic hydroxyl groups is 3. The van der Waals surface area contributed by atoms with Gasteiger partial charge in [0.1, 0.15) is 24.3 Å². The van der Waals surface area contributed by atoms with E-state index in [1.165, 1.54) is 11.8 Å². The Morgan fingerprint density at radius 2 is 1.98 bits per heavy atom. The Hall–Kier alpha value is -4.60. The number of benzene rings is 1. The molecule has 14 heteroatoms. The van der Waals surface area contributed by atoms with Gasteiger partial charge in [0.2, 0.25) is 11.8 Å². The zero-order valence-corrected chi connectivity index (χ0v) is 25.0. The number of aromatic amines is 1. The number of carbonyl (C=O) groups is 2. The minimum absolute atomic E-state index is 0.0872. The number of carbonyl (C=O) groups excluding carboxylic acids is 2. The molecule has 0 aliphatic carbocycles. The molecular weight excluding hydrogens is 572 g/mol. The van der Waals surface area contributed by atoms with Crippen LogP contribution in [0.1, 0.15) is 55.6 Å². The summed E-state index contributed by atoms with van der Waals surface area (Å²) in [4.78, 5) is 25.8. The minimum atomic E-state index is -2.59. The molecule has 0 bridgehead atoms. The van der Waals surface area contributed by atoms with Crippen LogP contribution in [0, 0.1) is 41.9 Å². The van der Waals surface area contributed by atoms with Crippen molar-refractivity contribution >= 4 is 12.1 Å². The second-order valence-corrected chi connectivity index (χ2v) is 11.4. The first kappa shape index (κ1) is 32.3. The largest absolute Gasteiger partial charge is 0.460 e. The van der Waals surface area contributed by atoms with Gasteiger partial charge in [-0.15, -0.1) is 5.10 Å². The maximum absolute atomic E-state index is 12.4. The highest BCUT2D eigenvalue weighted by atomic mass is 16.8. The standard InChI is InChI=1S/C30H36N6O8/c1-15(2)30(22(11-31)25(33)43-26-23(30)16(3)34-35-26)21-9-18(8-20(10-21)14-42-27(38)24(32)17(4)37)6-7-19-12-36(13-19)28(39)44-29(5,40)41/h8-10,15,17,19,24,37,40-41H,12-14,32-33H2,1-5H3,(H,34,35). The zero-order chi connectivity index (χ0) is 32.6. The smallest absolute Gasteiger partial charge is 0.414 e. The number of likely N-dealkylation sites (tertiary alicyclic amines) is 1. The molecule has 4 rings (SSSR count). The maximum atomic E-state index is 12.4. The topological polar surface area (TPSA) is 230 Å². The van der Waals surface area contributed by atoms with Gasteiger partial charge in [0.15, 0.2) is 0 Å². The van der Waals surface area contributed by atoms with E-state index >= 15 is 0 Å². The normalized spacial score (nSPS) is 19.5. The number of nitrogens with zero attached hydrogens (tertiary/aromatic N) is 3. The van der Waals surface area contributed by atoms with Gasteiger partial charge in [-0.1, -0.05) is 31.8 Å². The third-order valence-electron chi connectivity index (χ3n) is 7.60. The third-order valence-corrected chi connectivity index (χ3v) is 7.60. The predicted octanol–water partition coefficient (Wildman–Crippen LogP) is 0.576. The highest BCUT2D eigenvalue weighted by Crippen LogP contribution is 2.52. The van der Waals surface area contributed by atoms with Gasteiger partial charge in [0.05, 0.1) is 23.0 Å². The summed E-state index contributed by atoms with van der Waals surface area (Å²) in [6.45, 7) is 8.24. The fourth-order valence-corrected chi connectivity index (χ4v) is 5.42. The number of aryl methyl sites for hydroxylation is 1. The zero-order valence-electron chi connectivity index (χ0n) is 25.0. The van der Waals surface area contributed by atoms with E-state index in [0.717, 1.165) is 6.92 Å². The molecule has 2 aromatic rings. The highest BCUT2D eigenvalue weighted by molar-refractivity contribution is 5.76. The Balaban J connectivity index is 1.77. The number of esters is 1. The van der Waals surface area contributed by atoms with Crippen molar-refractivity contribution < 1.29 is 39.1 Å². The number of hydrogen-bond donors (Lipinski definition) is 6. The summed E-state index contributed by atoms with van der Waals surface area (Å²) in [7, 11) is 0. The molecule has 3 heterocycles. The lowest BCUT2D eigenvalue weighted by Crippen LogP contribution is -2.51. The molecule has 1 amide bonds. The molecule has 8 N–H and O–H groups in total. The molecule has 3 unspecified atom stereocenters. The maximum Gasteiger partial charge on any atom is 0.414 e. The monoisotopic (exact) mass is 608 g/mol. The van der Waals surface area contributed by atoms with E-state index in [4.69, 9.17) is 20.9 Å². The van der Waals surface area contributed by atoms with Crippen LogP contribution in [0.25, 0.3) is 0 Å². The van der Waals surface area contributed by atoms with Crippen LogP contribution >= 0.6 is 0 Å². The molecule has 0 saturated carbocycles. The van der Waals surface area contributed by atoms with Gasteiger partial charge in [-0.25, -0.2) is 4.79 Å². The molecule has 1 fully saturated rings. The van der Waals surface area contributed by atoms with Crippen LogP contribution in [0.4, 0.5) is 4.79 Å². The summed E-state index contributed by atoms with van der Waals surface area (Å²) in [6.07, 6.45) is -1.99. The molecule has 3 atom stereocenters. The van der Waals surface area contributed by atoms with Crippen molar-refractivity contribution in [2.75, 3.05) is 13.1 Å². The van der Waals surface area contributed by atoms with Crippen molar-refractivity contribution in [2.24, 2.45) is 23.3 Å². The molecular formula is C30H36N6O8. The van der Waals surface area contributed by atoms with Gasteiger partial charge >= 0.3 is 18.0 Å². The second-order valence-electron chi connectivity index (χ2n) is 11.4. The van der Waals surface area contributed by atoms with Crippen LogP contribution in [0.15, 0.2) is 29.7 Å². The summed E-state index contributed by atoms with van der Waals surface area (Å²) < 4.78 is 15.7. The number of aromatic nitrogens is 2. The van der Waals surface area contributed by atoms with E-state index in [-0.39, 0.29) is 48.9 Å². The van der Waals surface area contributed by atoms with Crippen LogP contribution in [0.5, 0.6) is 5.88 Å². The van der Waals surface area contributed by atoms with E-state index in [1.807, 2.05) is 26.8 Å². The van der Waals surface area contributed by atoms with Crippen LogP contribution in [-0.4, -0.2) is 73.7 Å². The first-order chi connectivity index (χ1) is 20.6. The van der Waals surface area contributed by atoms with Gasteiger partial charge in [-0.05, 0) is 43.0 Å². The average Bonchev–Trinajstić information content (AvgIpc) is 3.28. The minimum Gasteiger partial charge on any atom is -0.460 e.